The largest absolute Gasteiger partial charge is 0.378 e. The van der Waals surface area contributed by atoms with Crippen LogP contribution in [0.2, 0.25) is 0 Å². The first-order valence-electron chi connectivity index (χ1n) is 6.71. The van der Waals surface area contributed by atoms with Gasteiger partial charge in [0, 0.05) is 6.54 Å². The van der Waals surface area contributed by atoms with Crippen LogP contribution >= 0.6 is 0 Å². The van der Waals surface area contributed by atoms with Crippen molar-refractivity contribution in [2.45, 2.75) is 41.7 Å². The Morgan fingerprint density at radius 2 is 1.00 bits per heavy atom. The van der Waals surface area contributed by atoms with Crippen molar-refractivity contribution in [1.29, 1.82) is 0 Å². The third-order valence-electron chi connectivity index (χ3n) is 4.52. The van der Waals surface area contributed by atoms with Crippen molar-refractivity contribution < 1.29 is 61.5 Å². The molecular weight excluding hydrogens is 424 g/mol. The summed E-state index contributed by atoms with van der Waals surface area (Å²) in [5.41, 5.74) is 0. The van der Waals surface area contributed by atoms with Gasteiger partial charge in [-0.1, -0.05) is 6.08 Å². The monoisotopic (exact) mass is 431 g/mol. The Hall–Kier alpha value is -1.28. The van der Waals surface area contributed by atoms with Crippen LogP contribution in [0.15, 0.2) is 12.7 Å². The van der Waals surface area contributed by atoms with E-state index in [-0.39, 0.29) is 6.08 Å². The molecule has 0 aromatic heterocycles. The minimum atomic E-state index is -7.33. The fourth-order valence-electron chi connectivity index (χ4n) is 3.17. The molecule has 1 saturated heterocycles. The number of piperidine rings is 1. The number of hydrogen-bond donors (Lipinski definition) is 0. The van der Waals surface area contributed by atoms with Gasteiger partial charge in [-0.2, -0.15) is 66.4 Å². The highest BCUT2D eigenvalue weighted by atomic mass is 19.4. The van der Waals surface area contributed by atoms with Gasteiger partial charge in [0.25, 0.3) is 0 Å². The lowest BCUT2D eigenvalue weighted by atomic mass is 9.63. The average Bonchev–Trinajstić information content (AvgIpc) is 2.45. The Morgan fingerprint density at radius 3 is 1.37 bits per heavy atom. The molecule has 0 aromatic carbocycles. The molecule has 2 fully saturated rings. The second-order valence-corrected chi connectivity index (χ2v) is 6.00. The van der Waals surface area contributed by atoms with Crippen LogP contribution in [0.5, 0.6) is 0 Å². The minimum Gasteiger partial charge on any atom is -0.199 e. The maximum absolute atomic E-state index is 14.1. The topological polar surface area (TPSA) is 3.24 Å². The third kappa shape index (κ3) is 2.11. The Labute approximate surface area is 140 Å². The summed E-state index contributed by atoms with van der Waals surface area (Å²) in [4.78, 5) is -2.04. The molecule has 0 aromatic rings. The Bertz CT molecular complexity index is 638. The molecule has 2 rings (SSSR count). The zero-order valence-electron chi connectivity index (χ0n) is 12.4. The number of hydrogen-bond acceptors (Lipinski definition) is 1. The average molecular weight is 431 g/mol. The summed E-state index contributed by atoms with van der Waals surface area (Å²) in [5.74, 6) is -46.0. The van der Waals surface area contributed by atoms with Crippen LogP contribution in [-0.2, 0) is 0 Å². The van der Waals surface area contributed by atoms with Crippen molar-refractivity contribution in [3.05, 3.63) is 12.7 Å². The van der Waals surface area contributed by atoms with E-state index < -0.39 is 65.0 Å². The van der Waals surface area contributed by atoms with Crippen LogP contribution < -0.4 is 0 Å². The summed E-state index contributed by atoms with van der Waals surface area (Å²) in [6, 6.07) is -12.6. The van der Waals surface area contributed by atoms with Gasteiger partial charge in [0.2, 0.25) is 0 Å². The van der Waals surface area contributed by atoms with Gasteiger partial charge in [0.15, 0.2) is 0 Å². The number of fused-ring (bicyclic) bond motifs is 1. The van der Waals surface area contributed by atoms with Crippen molar-refractivity contribution in [3.63, 3.8) is 0 Å². The molecule has 0 amide bonds. The number of rotatable bonds is 2. The summed E-state index contributed by atoms with van der Waals surface area (Å²) in [5, 5.41) is 0. The standard InChI is InChI=1S/C12H7F14N/c1-2-3-27-9(19,20)5-4(8(17,18)12(27,25)26)6(13,14)10(21,22)11(23,24)7(5,15)16/h2,4-5H,1,3H2. The molecule has 1 aliphatic heterocycles. The van der Waals surface area contributed by atoms with E-state index in [9.17, 15) is 61.5 Å². The van der Waals surface area contributed by atoms with Gasteiger partial charge in [-0.25, -0.2) is 0 Å². The van der Waals surface area contributed by atoms with Crippen molar-refractivity contribution in [2.24, 2.45) is 11.8 Å². The lowest BCUT2D eigenvalue weighted by molar-refractivity contribution is -0.513. The van der Waals surface area contributed by atoms with E-state index in [1.54, 1.807) is 0 Å². The lowest BCUT2D eigenvalue weighted by Crippen LogP contribution is -2.85. The first-order valence-corrected chi connectivity index (χ1v) is 6.71. The predicted octanol–water partition coefficient (Wildman–Crippen LogP) is 5.10. The third-order valence-corrected chi connectivity index (χ3v) is 4.52. The molecule has 15 heteroatoms. The van der Waals surface area contributed by atoms with Crippen molar-refractivity contribution in [3.8, 4) is 0 Å². The summed E-state index contributed by atoms with van der Waals surface area (Å²) in [6.45, 7) is 0.558. The Balaban J connectivity index is 2.93. The van der Waals surface area contributed by atoms with E-state index in [0.29, 0.717) is 0 Å². The smallest absolute Gasteiger partial charge is 0.199 e. The van der Waals surface area contributed by atoms with Crippen LogP contribution in [0.3, 0.4) is 0 Å². The molecule has 2 atom stereocenters. The summed E-state index contributed by atoms with van der Waals surface area (Å²) < 4.78 is 192. The SMILES string of the molecule is C=CCN1C(F)(F)C2C(C(F)(F)C1(F)F)C(F)(F)C(F)(F)C(F)(F)C2(F)F. The molecule has 0 radical (unpaired) electrons. The van der Waals surface area contributed by atoms with Crippen LogP contribution in [0, 0.1) is 11.8 Å². The predicted molar refractivity (Wildman–Crippen MR) is 58.5 cm³/mol. The Kier molecular flexibility index (Phi) is 4.24. The van der Waals surface area contributed by atoms with Gasteiger partial charge in [-0.3, -0.25) is 0 Å². The van der Waals surface area contributed by atoms with Gasteiger partial charge in [-0.05, 0) is 0 Å². The summed E-state index contributed by atoms with van der Waals surface area (Å²) in [7, 11) is 0. The number of halogens is 14. The van der Waals surface area contributed by atoms with Gasteiger partial charge in [0.1, 0.15) is 11.8 Å². The summed E-state index contributed by atoms with van der Waals surface area (Å²) >= 11 is 0. The molecule has 2 aliphatic rings. The molecule has 1 saturated carbocycles. The lowest BCUT2D eigenvalue weighted by Gasteiger charge is -2.59. The first kappa shape index (κ1) is 22.0. The molecular formula is C12H7F14N. The van der Waals surface area contributed by atoms with Crippen LogP contribution in [0.1, 0.15) is 0 Å². The molecule has 2 unspecified atom stereocenters. The highest BCUT2D eigenvalue weighted by molar-refractivity contribution is 5.23. The van der Waals surface area contributed by atoms with Crippen molar-refractivity contribution in [2.75, 3.05) is 6.54 Å². The fourth-order valence-corrected chi connectivity index (χ4v) is 3.17. The van der Waals surface area contributed by atoms with Crippen LogP contribution in [0.25, 0.3) is 0 Å². The molecule has 0 bridgehead atoms. The number of nitrogens with zero attached hydrogens (tertiary/aromatic N) is 1. The van der Waals surface area contributed by atoms with E-state index in [2.05, 4.69) is 6.58 Å². The Morgan fingerprint density at radius 1 is 0.630 bits per heavy atom. The van der Waals surface area contributed by atoms with E-state index in [4.69, 9.17) is 0 Å². The van der Waals surface area contributed by atoms with Crippen LogP contribution in [0.4, 0.5) is 61.5 Å². The highest BCUT2D eigenvalue weighted by Gasteiger charge is 2.98. The van der Waals surface area contributed by atoms with Crippen LogP contribution in [-0.4, -0.2) is 53.2 Å². The van der Waals surface area contributed by atoms with Crippen molar-refractivity contribution in [1.82, 2.24) is 4.90 Å². The molecule has 1 nitrogen and oxygen atoms in total. The van der Waals surface area contributed by atoms with Gasteiger partial charge in [-0.15, -0.1) is 6.58 Å². The van der Waals surface area contributed by atoms with E-state index in [1.807, 2.05) is 0 Å². The quantitative estimate of drug-likeness (QED) is 0.334. The molecule has 158 valence electrons. The van der Waals surface area contributed by atoms with Gasteiger partial charge < -0.3 is 0 Å². The maximum Gasteiger partial charge on any atom is 0.378 e. The highest BCUT2D eigenvalue weighted by Crippen LogP contribution is 2.73. The first-order chi connectivity index (χ1) is 11.7. The van der Waals surface area contributed by atoms with Gasteiger partial charge in [0.05, 0.1) is 0 Å². The second-order valence-electron chi connectivity index (χ2n) is 6.00. The molecule has 1 heterocycles. The second kappa shape index (κ2) is 5.20. The van der Waals surface area contributed by atoms with E-state index >= 15 is 0 Å². The molecule has 1 aliphatic carbocycles. The van der Waals surface area contributed by atoms with Crippen molar-refractivity contribution >= 4 is 0 Å². The molecule has 0 N–H and O–H groups in total. The summed E-state index contributed by atoms with van der Waals surface area (Å²) in [6.07, 6.45) is 0.0457. The minimum absolute atomic E-state index is 0.0457. The maximum atomic E-state index is 14.1. The normalized spacial score (nSPS) is 37.3. The number of likely N-dealkylation sites (tertiary alicyclic amines) is 1. The van der Waals surface area contributed by atoms with E-state index in [0.717, 1.165) is 0 Å². The van der Waals surface area contributed by atoms with Gasteiger partial charge >= 0.3 is 41.7 Å². The fraction of sp³-hybridized carbons (Fsp3) is 0.833. The molecule has 27 heavy (non-hydrogen) atoms. The zero-order chi connectivity index (χ0) is 21.6. The van der Waals surface area contributed by atoms with E-state index in [1.165, 1.54) is 0 Å². The number of alkyl halides is 14. The zero-order valence-corrected chi connectivity index (χ0v) is 12.4. The molecule has 0 spiro atoms.